The minimum absolute atomic E-state index is 0.0636. The van der Waals surface area contributed by atoms with Crippen LogP contribution in [0.2, 0.25) is 0 Å². The van der Waals surface area contributed by atoms with E-state index in [1.54, 1.807) is 25.1 Å². The second-order valence-corrected chi connectivity index (χ2v) is 7.22. The number of carbonyl (C=O) groups is 2. The molecule has 2 rings (SSSR count). The number of hydrogen-bond acceptors (Lipinski definition) is 7. The molecule has 154 valence electrons. The quantitative estimate of drug-likeness (QED) is 0.246. The molecule has 1 aliphatic heterocycles. The Bertz CT molecular complexity index is 717. The molecule has 0 aromatic heterocycles. The van der Waals surface area contributed by atoms with Crippen LogP contribution in [-0.4, -0.2) is 36.6 Å². The zero-order chi connectivity index (χ0) is 20.7. The molecule has 2 unspecified atom stereocenters. The van der Waals surface area contributed by atoms with E-state index >= 15 is 0 Å². The molecule has 2 atom stereocenters. The first-order chi connectivity index (χ1) is 13.3. The van der Waals surface area contributed by atoms with Crippen LogP contribution in [0.1, 0.15) is 51.5 Å². The molecule has 8 nitrogen and oxygen atoms in total. The fourth-order valence-corrected chi connectivity index (χ4v) is 3.30. The van der Waals surface area contributed by atoms with Gasteiger partial charge in [0.25, 0.3) is 0 Å². The Morgan fingerprint density at radius 2 is 1.96 bits per heavy atom. The number of Topliss-reactive ketones (excluding diaryl/α,β-unsaturated/α-hetero) is 1. The number of esters is 1. The van der Waals surface area contributed by atoms with E-state index < -0.39 is 29.3 Å². The third-order valence-electron chi connectivity index (χ3n) is 4.66. The zero-order valence-corrected chi connectivity index (χ0v) is 16.5. The van der Waals surface area contributed by atoms with Crippen molar-refractivity contribution in [2.45, 2.75) is 46.0 Å². The van der Waals surface area contributed by atoms with Crippen molar-refractivity contribution in [1.82, 2.24) is 0 Å². The first-order valence-electron chi connectivity index (χ1n) is 9.54. The third kappa shape index (κ3) is 5.68. The van der Waals surface area contributed by atoms with Gasteiger partial charge in [-0.25, -0.2) is 0 Å². The lowest BCUT2D eigenvalue weighted by atomic mass is 9.81. The Morgan fingerprint density at radius 1 is 1.25 bits per heavy atom. The van der Waals surface area contributed by atoms with Crippen LogP contribution in [0.5, 0.6) is 11.5 Å². The standard InChI is InChI=1S/C20H27NO7/c1-4-26-20(23)19(16(22)7-5-6-13(2)3)15(11-21(24)25)14-8-9-17-18(10-14)28-12-27-17/h8-10,13,15,19H,4-7,11-12H2,1-3H3. The molecule has 0 fully saturated rings. The molecular formula is C20H27NO7. The van der Waals surface area contributed by atoms with Gasteiger partial charge in [0.2, 0.25) is 13.3 Å². The maximum atomic E-state index is 12.9. The van der Waals surface area contributed by atoms with Crippen molar-refractivity contribution in [3.05, 3.63) is 33.9 Å². The van der Waals surface area contributed by atoms with E-state index in [0.717, 1.165) is 6.42 Å². The maximum Gasteiger partial charge on any atom is 0.317 e. The molecule has 0 saturated heterocycles. The fraction of sp³-hybridized carbons (Fsp3) is 0.600. The number of nitrogens with zero attached hydrogens (tertiary/aromatic N) is 1. The Balaban J connectivity index is 2.33. The molecular weight excluding hydrogens is 366 g/mol. The smallest absolute Gasteiger partial charge is 0.317 e. The molecule has 0 spiro atoms. The molecule has 0 saturated carbocycles. The van der Waals surface area contributed by atoms with E-state index in [9.17, 15) is 19.7 Å². The highest BCUT2D eigenvalue weighted by molar-refractivity contribution is 6.00. The average Bonchev–Trinajstić information content (AvgIpc) is 3.08. The highest BCUT2D eigenvalue weighted by Crippen LogP contribution is 2.37. The maximum absolute atomic E-state index is 12.9. The van der Waals surface area contributed by atoms with Crippen LogP contribution in [0.15, 0.2) is 18.2 Å². The second-order valence-electron chi connectivity index (χ2n) is 7.22. The van der Waals surface area contributed by atoms with Gasteiger partial charge in [0.15, 0.2) is 11.5 Å². The Hall–Kier alpha value is -2.64. The zero-order valence-electron chi connectivity index (χ0n) is 16.5. The molecule has 0 amide bonds. The van der Waals surface area contributed by atoms with E-state index in [0.29, 0.717) is 29.4 Å². The van der Waals surface area contributed by atoms with Gasteiger partial charge in [-0.3, -0.25) is 19.7 Å². The summed E-state index contributed by atoms with van der Waals surface area (Å²) in [6, 6.07) is 4.87. The van der Waals surface area contributed by atoms with E-state index in [1.807, 2.05) is 0 Å². The lowest BCUT2D eigenvalue weighted by molar-refractivity contribution is -0.484. The third-order valence-corrected chi connectivity index (χ3v) is 4.66. The molecule has 1 heterocycles. The summed E-state index contributed by atoms with van der Waals surface area (Å²) in [7, 11) is 0. The van der Waals surface area contributed by atoms with Gasteiger partial charge in [-0.2, -0.15) is 0 Å². The van der Waals surface area contributed by atoms with E-state index in [2.05, 4.69) is 13.8 Å². The minimum Gasteiger partial charge on any atom is -0.465 e. The average molecular weight is 393 g/mol. The van der Waals surface area contributed by atoms with Crippen molar-refractivity contribution < 1.29 is 28.7 Å². The van der Waals surface area contributed by atoms with Crippen LogP contribution in [0.25, 0.3) is 0 Å². The second kappa shape index (κ2) is 10.1. The first-order valence-corrected chi connectivity index (χ1v) is 9.54. The number of carbonyl (C=O) groups excluding carboxylic acids is 2. The summed E-state index contributed by atoms with van der Waals surface area (Å²) in [6.45, 7) is 5.35. The summed E-state index contributed by atoms with van der Waals surface area (Å²) in [5.41, 5.74) is 0.483. The van der Waals surface area contributed by atoms with Crippen molar-refractivity contribution in [3.8, 4) is 11.5 Å². The van der Waals surface area contributed by atoms with Crippen LogP contribution in [0, 0.1) is 22.0 Å². The topological polar surface area (TPSA) is 105 Å². The number of fused-ring (bicyclic) bond motifs is 1. The molecule has 8 heteroatoms. The number of hydrogen-bond donors (Lipinski definition) is 0. The predicted octanol–water partition coefficient (Wildman–Crippen LogP) is 3.35. The number of nitro groups is 1. The van der Waals surface area contributed by atoms with Gasteiger partial charge < -0.3 is 14.2 Å². The summed E-state index contributed by atoms with van der Waals surface area (Å²) < 4.78 is 15.7. The van der Waals surface area contributed by atoms with Gasteiger partial charge in [0.1, 0.15) is 11.7 Å². The lowest BCUT2D eigenvalue weighted by Crippen LogP contribution is -2.35. The molecule has 0 bridgehead atoms. The van der Waals surface area contributed by atoms with Crippen LogP contribution in [0.3, 0.4) is 0 Å². The molecule has 0 aliphatic carbocycles. The van der Waals surface area contributed by atoms with Gasteiger partial charge in [0.05, 0.1) is 12.5 Å². The summed E-state index contributed by atoms with van der Waals surface area (Å²) in [6.07, 6.45) is 1.64. The molecule has 28 heavy (non-hydrogen) atoms. The molecule has 0 N–H and O–H groups in total. The van der Waals surface area contributed by atoms with E-state index in [1.165, 1.54) is 0 Å². The lowest BCUT2D eigenvalue weighted by Gasteiger charge is -2.22. The number of ketones is 1. The van der Waals surface area contributed by atoms with Gasteiger partial charge >= 0.3 is 5.97 Å². The highest BCUT2D eigenvalue weighted by atomic mass is 16.7. The van der Waals surface area contributed by atoms with Crippen LogP contribution < -0.4 is 9.47 Å². The van der Waals surface area contributed by atoms with Crippen LogP contribution in [-0.2, 0) is 14.3 Å². The van der Waals surface area contributed by atoms with Crippen LogP contribution in [0.4, 0.5) is 0 Å². The van der Waals surface area contributed by atoms with Crippen molar-refractivity contribution in [3.63, 3.8) is 0 Å². The highest BCUT2D eigenvalue weighted by Gasteiger charge is 2.40. The van der Waals surface area contributed by atoms with Gasteiger partial charge in [-0.05, 0) is 37.0 Å². The largest absolute Gasteiger partial charge is 0.465 e. The van der Waals surface area contributed by atoms with Gasteiger partial charge in [0, 0.05) is 11.3 Å². The summed E-state index contributed by atoms with van der Waals surface area (Å²) in [4.78, 5) is 36.3. The number of benzene rings is 1. The molecule has 1 aromatic carbocycles. The van der Waals surface area contributed by atoms with Crippen molar-refractivity contribution >= 4 is 11.8 Å². The summed E-state index contributed by atoms with van der Waals surface area (Å²) >= 11 is 0. The summed E-state index contributed by atoms with van der Waals surface area (Å²) in [5, 5.41) is 11.3. The molecule has 1 aliphatic rings. The van der Waals surface area contributed by atoms with Crippen molar-refractivity contribution in [2.75, 3.05) is 19.9 Å². The normalized spacial score (nSPS) is 14.6. The number of rotatable bonds is 11. The monoisotopic (exact) mass is 393 g/mol. The Labute approximate surface area is 164 Å². The number of ether oxygens (including phenoxy) is 3. The van der Waals surface area contributed by atoms with Gasteiger partial charge in [-0.15, -0.1) is 0 Å². The fourth-order valence-electron chi connectivity index (χ4n) is 3.30. The Kier molecular flexibility index (Phi) is 7.78. The van der Waals surface area contributed by atoms with Crippen LogP contribution >= 0.6 is 0 Å². The first kappa shape index (κ1) is 21.7. The molecule has 0 radical (unpaired) electrons. The minimum atomic E-state index is -1.22. The van der Waals surface area contributed by atoms with Crippen molar-refractivity contribution in [1.29, 1.82) is 0 Å². The summed E-state index contributed by atoms with van der Waals surface area (Å²) in [5.74, 6) is -1.81. The molecule has 1 aromatic rings. The van der Waals surface area contributed by atoms with E-state index in [4.69, 9.17) is 14.2 Å². The van der Waals surface area contributed by atoms with Crippen molar-refractivity contribution in [2.24, 2.45) is 11.8 Å². The predicted molar refractivity (Wildman–Crippen MR) is 101 cm³/mol. The van der Waals surface area contributed by atoms with Gasteiger partial charge in [-0.1, -0.05) is 26.3 Å². The SMILES string of the molecule is CCOC(=O)C(C(=O)CCCC(C)C)C(C[N+](=O)[O-])c1ccc2c(c1)OCO2. The Morgan fingerprint density at radius 3 is 2.61 bits per heavy atom. The van der Waals surface area contributed by atoms with E-state index in [-0.39, 0.29) is 25.6 Å².